The van der Waals surface area contributed by atoms with Gasteiger partial charge in [-0.15, -0.1) is 0 Å². The number of carbonyl (C=O) groups excluding carboxylic acids is 2. The minimum atomic E-state index is -0.422. The smallest absolute Gasteiger partial charge is 0.308 e. The van der Waals surface area contributed by atoms with Crippen LogP contribution in [0.5, 0.6) is 0 Å². The molecule has 0 aromatic rings. The number of carbonyl (C=O) groups is 2. The number of aliphatic hydroxyl groups excluding tert-OH is 2. The van der Waals surface area contributed by atoms with Crippen molar-refractivity contribution in [1.29, 1.82) is 0 Å². The second kappa shape index (κ2) is 48.2. The highest BCUT2D eigenvalue weighted by atomic mass is 16.5. The number of aliphatic hydroxyl groups is 2. The lowest BCUT2D eigenvalue weighted by atomic mass is 9.94. The summed E-state index contributed by atoms with van der Waals surface area (Å²) in [7, 11) is 0. The molecule has 0 aliphatic carbocycles. The molecule has 0 heterocycles. The largest absolute Gasteiger partial charge is 0.465 e. The maximum Gasteiger partial charge on any atom is 0.308 e. The van der Waals surface area contributed by atoms with Crippen LogP contribution in [0.4, 0.5) is 0 Å². The van der Waals surface area contributed by atoms with Gasteiger partial charge in [0.2, 0.25) is 0 Å². The van der Waals surface area contributed by atoms with Gasteiger partial charge in [-0.05, 0) is 129 Å². The van der Waals surface area contributed by atoms with Crippen LogP contribution in [-0.2, 0) is 19.1 Å². The molecule has 0 fully saturated rings. The monoisotopic (exact) mass is 911 g/mol. The fourth-order valence-corrected chi connectivity index (χ4v) is 8.95. The Bertz CT molecular complexity index is 915. The Kier molecular flexibility index (Phi) is 47.2. The number of unbranched alkanes of at least 4 members (excludes halogenated alkanes) is 19. The van der Waals surface area contributed by atoms with Gasteiger partial charge >= 0.3 is 11.9 Å². The highest BCUT2D eigenvalue weighted by Gasteiger charge is 2.21. The van der Waals surface area contributed by atoms with E-state index in [0.29, 0.717) is 52.2 Å². The first kappa shape index (κ1) is 62.7. The van der Waals surface area contributed by atoms with Crippen LogP contribution in [0, 0.1) is 11.8 Å². The SMILES string of the molecule is CCCCCCCCC(CCCCCC)C(=O)OCCCCC(O)CN(CCCN)CCCCN(CCCN)CC(O)CCCCOC(=O)C(CCCCCC)CCCCCCCC. The van der Waals surface area contributed by atoms with Crippen LogP contribution in [0.1, 0.15) is 246 Å². The van der Waals surface area contributed by atoms with E-state index < -0.39 is 12.2 Å². The third kappa shape index (κ3) is 39.8. The highest BCUT2D eigenvalue weighted by Crippen LogP contribution is 2.22. The highest BCUT2D eigenvalue weighted by molar-refractivity contribution is 5.72. The van der Waals surface area contributed by atoms with Gasteiger partial charge < -0.3 is 41.0 Å². The molecule has 0 aliphatic rings. The van der Waals surface area contributed by atoms with Crippen molar-refractivity contribution in [2.75, 3.05) is 65.6 Å². The van der Waals surface area contributed by atoms with E-state index in [-0.39, 0.29) is 23.8 Å². The summed E-state index contributed by atoms with van der Waals surface area (Å²) in [6.07, 6.45) is 35.7. The minimum Gasteiger partial charge on any atom is -0.465 e. The van der Waals surface area contributed by atoms with Crippen LogP contribution in [0.25, 0.3) is 0 Å². The van der Waals surface area contributed by atoms with E-state index in [9.17, 15) is 19.8 Å². The molecule has 0 rings (SSSR count). The van der Waals surface area contributed by atoms with E-state index >= 15 is 0 Å². The van der Waals surface area contributed by atoms with Crippen molar-refractivity contribution in [1.82, 2.24) is 9.80 Å². The van der Waals surface area contributed by atoms with Gasteiger partial charge in [0.15, 0.2) is 0 Å². The number of ether oxygens (including phenoxy) is 2. The molecule has 0 saturated heterocycles. The lowest BCUT2D eigenvalue weighted by Crippen LogP contribution is -2.37. The predicted octanol–water partition coefficient (Wildman–Crippen LogP) is 11.9. The van der Waals surface area contributed by atoms with Gasteiger partial charge in [-0.1, -0.05) is 156 Å². The molecule has 4 atom stereocenters. The molecule has 0 radical (unpaired) electrons. The van der Waals surface area contributed by atoms with E-state index in [0.717, 1.165) is 129 Å². The van der Waals surface area contributed by atoms with E-state index in [4.69, 9.17) is 20.9 Å². The summed E-state index contributed by atoms with van der Waals surface area (Å²) in [5, 5.41) is 22.0. The summed E-state index contributed by atoms with van der Waals surface area (Å²) >= 11 is 0. The van der Waals surface area contributed by atoms with Crippen molar-refractivity contribution in [3.8, 4) is 0 Å². The van der Waals surface area contributed by atoms with Crippen molar-refractivity contribution in [3.05, 3.63) is 0 Å². The Balaban J connectivity index is 4.66. The Hall–Kier alpha value is -1.30. The number of esters is 2. The molecular formula is C54H110N4O6. The van der Waals surface area contributed by atoms with Crippen molar-refractivity contribution < 1.29 is 29.3 Å². The van der Waals surface area contributed by atoms with Crippen LogP contribution in [0.15, 0.2) is 0 Å². The summed E-state index contributed by atoms with van der Waals surface area (Å²) in [5.41, 5.74) is 11.8. The molecule has 0 aromatic carbocycles. The zero-order chi connectivity index (χ0) is 47.1. The molecule has 0 bridgehead atoms. The van der Waals surface area contributed by atoms with Gasteiger partial charge in [0.05, 0.1) is 37.3 Å². The molecular weight excluding hydrogens is 801 g/mol. The minimum absolute atomic E-state index is 0.0143. The van der Waals surface area contributed by atoms with Gasteiger partial charge in [-0.25, -0.2) is 0 Å². The molecule has 0 aromatic heterocycles. The molecule has 10 nitrogen and oxygen atoms in total. The average molecular weight is 911 g/mol. The molecule has 0 aliphatic heterocycles. The zero-order valence-electron chi connectivity index (χ0n) is 43.0. The molecule has 64 heavy (non-hydrogen) atoms. The summed E-state index contributed by atoms with van der Waals surface area (Å²) in [4.78, 5) is 30.8. The predicted molar refractivity (Wildman–Crippen MR) is 272 cm³/mol. The Morgan fingerprint density at radius 3 is 1.00 bits per heavy atom. The van der Waals surface area contributed by atoms with Crippen LogP contribution in [0.3, 0.4) is 0 Å². The third-order valence-corrected chi connectivity index (χ3v) is 13.1. The van der Waals surface area contributed by atoms with Crippen molar-refractivity contribution in [2.45, 2.75) is 258 Å². The van der Waals surface area contributed by atoms with Crippen LogP contribution in [-0.4, -0.2) is 110 Å². The number of nitrogens with two attached hydrogens (primary N) is 2. The van der Waals surface area contributed by atoms with Crippen molar-refractivity contribution in [3.63, 3.8) is 0 Å². The van der Waals surface area contributed by atoms with Gasteiger partial charge in [-0.2, -0.15) is 0 Å². The van der Waals surface area contributed by atoms with Gasteiger partial charge in [0.1, 0.15) is 0 Å². The molecule has 10 heteroatoms. The number of hydrogen-bond donors (Lipinski definition) is 4. The number of rotatable bonds is 51. The quantitative estimate of drug-likeness (QED) is 0.0343. The van der Waals surface area contributed by atoms with Gasteiger partial charge in [-0.3, -0.25) is 9.59 Å². The number of hydrogen-bond acceptors (Lipinski definition) is 10. The van der Waals surface area contributed by atoms with Crippen LogP contribution in [0.2, 0.25) is 0 Å². The average Bonchev–Trinajstić information content (AvgIpc) is 3.29. The topological polar surface area (TPSA) is 152 Å². The maximum atomic E-state index is 13.0. The number of nitrogens with zero attached hydrogens (tertiary/aromatic N) is 2. The second-order valence-corrected chi connectivity index (χ2v) is 19.4. The van der Waals surface area contributed by atoms with Crippen LogP contribution < -0.4 is 11.5 Å². The first-order valence-electron chi connectivity index (χ1n) is 27.8. The summed E-state index contributed by atoms with van der Waals surface area (Å²) in [6, 6.07) is 0. The van der Waals surface area contributed by atoms with Crippen molar-refractivity contribution >= 4 is 11.9 Å². The van der Waals surface area contributed by atoms with E-state index in [1.54, 1.807) is 0 Å². The first-order valence-corrected chi connectivity index (χ1v) is 27.8. The third-order valence-electron chi connectivity index (χ3n) is 13.1. The zero-order valence-corrected chi connectivity index (χ0v) is 43.0. The lowest BCUT2D eigenvalue weighted by Gasteiger charge is -2.27. The normalized spacial score (nSPS) is 13.7. The van der Waals surface area contributed by atoms with E-state index in [1.807, 2.05) is 0 Å². The first-order chi connectivity index (χ1) is 31.3. The van der Waals surface area contributed by atoms with E-state index in [1.165, 1.54) is 103 Å². The van der Waals surface area contributed by atoms with Gasteiger partial charge in [0.25, 0.3) is 0 Å². The van der Waals surface area contributed by atoms with Crippen molar-refractivity contribution in [2.24, 2.45) is 23.3 Å². The molecule has 0 spiro atoms. The lowest BCUT2D eigenvalue weighted by molar-refractivity contribution is -0.150. The standard InChI is InChI=1S/C54H110N4O6/c1-5-9-13-17-19-23-35-49(33-21-15-11-7-3)53(61)63-45-29-25-37-51(59)47-57(43-31-39-55)41-27-28-42-58(44-32-40-56)48-52(60)38-26-30-46-64-54(62)50(34-22-16-12-8-4)36-24-20-18-14-10-6-2/h49-52,59-60H,5-48,55-56H2,1-4H3. The van der Waals surface area contributed by atoms with Gasteiger partial charge in [0, 0.05) is 13.1 Å². The summed E-state index contributed by atoms with van der Waals surface area (Å²) < 4.78 is 11.6. The Morgan fingerprint density at radius 2 is 0.672 bits per heavy atom. The molecule has 6 N–H and O–H groups in total. The Labute approximate surface area is 396 Å². The second-order valence-electron chi connectivity index (χ2n) is 19.4. The van der Waals surface area contributed by atoms with Crippen LogP contribution >= 0.6 is 0 Å². The fraction of sp³-hybridized carbons (Fsp3) is 0.963. The molecule has 4 unspecified atom stereocenters. The summed E-state index contributed by atoms with van der Waals surface area (Å²) in [5.74, 6) is 0.0257. The Morgan fingerprint density at radius 1 is 0.391 bits per heavy atom. The molecule has 382 valence electrons. The molecule has 0 amide bonds. The summed E-state index contributed by atoms with van der Waals surface area (Å²) in [6.45, 7) is 15.9. The molecule has 0 saturated carbocycles. The fourth-order valence-electron chi connectivity index (χ4n) is 8.95. The maximum absolute atomic E-state index is 13.0. The van der Waals surface area contributed by atoms with E-state index in [2.05, 4.69) is 37.5 Å².